The molecule has 31 heavy (non-hydrogen) atoms. The maximum Gasteiger partial charge on any atom is 0.410 e. The zero-order chi connectivity index (χ0) is 22.4. The van der Waals surface area contributed by atoms with E-state index in [-0.39, 0.29) is 53.4 Å². The first-order valence-corrected chi connectivity index (χ1v) is 11.4. The highest BCUT2D eigenvalue weighted by Crippen LogP contribution is 2.59. The Morgan fingerprint density at radius 3 is 2.58 bits per heavy atom. The molecule has 0 aromatic heterocycles. The Bertz CT molecular complexity index is 740. The van der Waals surface area contributed by atoms with Gasteiger partial charge in [-0.25, -0.2) is 4.79 Å². The van der Waals surface area contributed by atoms with E-state index in [1.807, 2.05) is 6.92 Å². The lowest BCUT2D eigenvalue weighted by molar-refractivity contribution is -0.134. The Morgan fingerprint density at radius 1 is 1.29 bits per heavy atom. The molecule has 1 saturated carbocycles. The lowest BCUT2D eigenvalue weighted by Gasteiger charge is -2.44. The highest BCUT2D eigenvalue weighted by Gasteiger charge is 2.72. The fourth-order valence-electron chi connectivity index (χ4n) is 5.39. The van der Waals surface area contributed by atoms with Crippen LogP contribution >= 0.6 is 0 Å². The number of carbonyl (C=O) groups is 2. The van der Waals surface area contributed by atoms with Crippen molar-refractivity contribution < 1.29 is 28.5 Å². The lowest BCUT2D eigenvalue weighted by atomic mass is 9.68. The van der Waals surface area contributed by atoms with Crippen LogP contribution in [0.1, 0.15) is 47.0 Å². The molecule has 1 aliphatic carbocycles. The third-order valence-corrected chi connectivity index (χ3v) is 7.35. The van der Waals surface area contributed by atoms with Gasteiger partial charge in [-0.15, -0.1) is 0 Å². The number of likely N-dealkylation sites (tertiary alicyclic amines) is 1. The van der Waals surface area contributed by atoms with Crippen LogP contribution in [0.5, 0.6) is 0 Å². The largest absolute Gasteiger partial charge is 0.443 e. The number of allylic oxidation sites excluding steroid dienone is 1. The molecule has 1 spiro atoms. The summed E-state index contributed by atoms with van der Waals surface area (Å²) in [5.74, 6) is -0.151. The van der Waals surface area contributed by atoms with Crippen LogP contribution in [0.25, 0.3) is 0 Å². The molecule has 4 aliphatic rings. The standard InChI is InChI=1S/C23H36N2O6/c1-6-24-20(26)15-11-25(12-15)21(27)30-16-9-10-23(13-29-23)19(18(16)28-5)22(4)17(31-22)8-7-14(2)3/h7,15-19H,6,8-13H2,1-5H3,(H,24,26)/t16?,17-,18?,19?,22+,23?/m1/s1. The van der Waals surface area contributed by atoms with E-state index >= 15 is 0 Å². The molecule has 0 radical (unpaired) electrons. The van der Waals surface area contributed by atoms with Gasteiger partial charge in [0.15, 0.2) is 0 Å². The maximum atomic E-state index is 12.7. The third kappa shape index (κ3) is 4.22. The molecule has 1 N–H and O–H groups in total. The number of carbonyl (C=O) groups excluding carboxylic acids is 2. The first-order chi connectivity index (χ1) is 14.7. The summed E-state index contributed by atoms with van der Waals surface area (Å²) in [6, 6.07) is 0. The van der Waals surface area contributed by atoms with Crippen LogP contribution in [0.3, 0.4) is 0 Å². The molecule has 3 aliphatic heterocycles. The normalized spacial score (nSPS) is 38.9. The van der Waals surface area contributed by atoms with E-state index in [2.05, 4.69) is 32.2 Å². The van der Waals surface area contributed by atoms with Gasteiger partial charge in [-0.2, -0.15) is 0 Å². The van der Waals surface area contributed by atoms with E-state index in [1.54, 1.807) is 12.0 Å². The smallest absolute Gasteiger partial charge is 0.410 e. The molecule has 8 nitrogen and oxygen atoms in total. The summed E-state index contributed by atoms with van der Waals surface area (Å²) >= 11 is 0. The number of hydrogen-bond donors (Lipinski definition) is 1. The van der Waals surface area contributed by atoms with E-state index in [9.17, 15) is 9.59 Å². The predicted molar refractivity (Wildman–Crippen MR) is 114 cm³/mol. The molecule has 0 bridgehead atoms. The number of hydrogen-bond acceptors (Lipinski definition) is 6. The minimum absolute atomic E-state index is 0.00610. The monoisotopic (exact) mass is 436 g/mol. The highest BCUT2D eigenvalue weighted by molar-refractivity contribution is 5.82. The van der Waals surface area contributed by atoms with Gasteiger partial charge in [0.05, 0.1) is 24.5 Å². The topological polar surface area (TPSA) is 92.9 Å². The van der Waals surface area contributed by atoms with Crippen molar-refractivity contribution in [1.82, 2.24) is 10.2 Å². The van der Waals surface area contributed by atoms with E-state index < -0.39 is 0 Å². The number of amides is 2. The summed E-state index contributed by atoms with van der Waals surface area (Å²) < 4.78 is 24.0. The molecule has 2 amide bonds. The van der Waals surface area contributed by atoms with Crippen LogP contribution in [-0.4, -0.2) is 79.8 Å². The number of epoxide rings is 2. The van der Waals surface area contributed by atoms with Gasteiger partial charge in [-0.05, 0) is 47.0 Å². The number of nitrogens with one attached hydrogen (secondary N) is 1. The lowest BCUT2D eigenvalue weighted by Crippen LogP contribution is -2.59. The second-order valence-electron chi connectivity index (χ2n) is 9.80. The number of ether oxygens (including phenoxy) is 4. The molecule has 3 heterocycles. The van der Waals surface area contributed by atoms with E-state index in [1.165, 1.54) is 5.57 Å². The molecule has 6 atom stereocenters. The molecular formula is C23H36N2O6. The molecular weight excluding hydrogens is 400 g/mol. The van der Waals surface area contributed by atoms with Crippen LogP contribution in [0.2, 0.25) is 0 Å². The highest BCUT2D eigenvalue weighted by atomic mass is 16.6. The number of nitrogens with zero attached hydrogens (tertiary/aromatic N) is 1. The van der Waals surface area contributed by atoms with Gasteiger partial charge in [0, 0.05) is 26.7 Å². The van der Waals surface area contributed by atoms with Crippen LogP contribution in [0, 0.1) is 11.8 Å². The first kappa shape index (κ1) is 22.6. The number of rotatable bonds is 7. The minimum Gasteiger partial charge on any atom is -0.443 e. The Hall–Kier alpha value is -1.64. The average Bonchev–Trinajstić information content (AvgIpc) is 3.58. The summed E-state index contributed by atoms with van der Waals surface area (Å²) in [4.78, 5) is 26.2. The van der Waals surface area contributed by atoms with Gasteiger partial charge < -0.3 is 29.2 Å². The molecule has 8 heteroatoms. The minimum atomic E-state index is -0.373. The zero-order valence-electron chi connectivity index (χ0n) is 19.3. The van der Waals surface area contributed by atoms with E-state index in [4.69, 9.17) is 18.9 Å². The van der Waals surface area contributed by atoms with Crippen molar-refractivity contribution in [2.24, 2.45) is 11.8 Å². The molecule has 3 saturated heterocycles. The molecule has 4 fully saturated rings. The second-order valence-corrected chi connectivity index (χ2v) is 9.80. The predicted octanol–water partition coefficient (Wildman–Crippen LogP) is 2.27. The van der Waals surface area contributed by atoms with Gasteiger partial charge in [0.2, 0.25) is 5.91 Å². The van der Waals surface area contributed by atoms with Gasteiger partial charge in [0.1, 0.15) is 23.4 Å². The summed E-state index contributed by atoms with van der Waals surface area (Å²) in [7, 11) is 1.67. The Kier molecular flexibility index (Phi) is 6.09. The van der Waals surface area contributed by atoms with Crippen LogP contribution in [0.4, 0.5) is 4.79 Å². The summed E-state index contributed by atoms with van der Waals surface area (Å²) in [5, 5.41) is 2.80. The molecule has 174 valence electrons. The second kappa shape index (κ2) is 8.37. The summed E-state index contributed by atoms with van der Waals surface area (Å²) in [5.41, 5.74) is 0.682. The van der Waals surface area contributed by atoms with Gasteiger partial charge >= 0.3 is 6.09 Å². The van der Waals surface area contributed by atoms with Gasteiger partial charge in [0.25, 0.3) is 0 Å². The third-order valence-electron chi connectivity index (χ3n) is 7.35. The van der Waals surface area contributed by atoms with Crippen LogP contribution in [0.15, 0.2) is 11.6 Å². The van der Waals surface area contributed by atoms with Crippen LogP contribution in [-0.2, 0) is 23.7 Å². The zero-order valence-corrected chi connectivity index (χ0v) is 19.3. The Labute approximate surface area is 184 Å². The fourth-order valence-corrected chi connectivity index (χ4v) is 5.39. The molecule has 0 aromatic rings. The van der Waals surface area contributed by atoms with Crippen LogP contribution < -0.4 is 5.32 Å². The average molecular weight is 437 g/mol. The molecule has 4 unspecified atom stereocenters. The van der Waals surface area contributed by atoms with Gasteiger partial charge in [-0.3, -0.25) is 4.79 Å². The van der Waals surface area contributed by atoms with Crippen molar-refractivity contribution in [3.05, 3.63) is 11.6 Å². The SMILES string of the molecule is CCNC(=O)C1CN(C(=O)OC2CCC3(CO3)C([C@@]3(C)O[C@@H]3CC=C(C)C)C2OC)C1. The Balaban J connectivity index is 1.39. The van der Waals surface area contributed by atoms with E-state index in [0.717, 1.165) is 12.8 Å². The van der Waals surface area contributed by atoms with Crippen molar-refractivity contribution in [3.63, 3.8) is 0 Å². The van der Waals surface area contributed by atoms with Gasteiger partial charge in [-0.1, -0.05) is 11.6 Å². The van der Waals surface area contributed by atoms with Crippen molar-refractivity contribution in [1.29, 1.82) is 0 Å². The summed E-state index contributed by atoms with van der Waals surface area (Å²) in [6.45, 7) is 10.3. The van der Waals surface area contributed by atoms with Crippen molar-refractivity contribution in [2.75, 3.05) is 33.4 Å². The Morgan fingerprint density at radius 2 is 2.00 bits per heavy atom. The van der Waals surface area contributed by atoms with Crippen molar-refractivity contribution >= 4 is 12.0 Å². The van der Waals surface area contributed by atoms with Crippen molar-refractivity contribution in [2.45, 2.75) is 76.5 Å². The van der Waals surface area contributed by atoms with E-state index in [0.29, 0.717) is 32.7 Å². The summed E-state index contributed by atoms with van der Waals surface area (Å²) in [6.07, 6.45) is 3.69. The maximum absolute atomic E-state index is 12.7. The van der Waals surface area contributed by atoms with Crippen molar-refractivity contribution in [3.8, 4) is 0 Å². The fraction of sp³-hybridized carbons (Fsp3) is 0.826. The quantitative estimate of drug-likeness (QED) is 0.486. The molecule has 4 rings (SSSR count). The first-order valence-electron chi connectivity index (χ1n) is 11.4. The number of methoxy groups -OCH3 is 1. The molecule has 0 aromatic carbocycles.